The minimum atomic E-state index is -0.474. The van der Waals surface area contributed by atoms with Crippen LogP contribution in [0.5, 0.6) is 17.2 Å². The van der Waals surface area contributed by atoms with E-state index in [0.717, 1.165) is 31.4 Å². The van der Waals surface area contributed by atoms with Crippen molar-refractivity contribution < 1.29 is 23.8 Å². The van der Waals surface area contributed by atoms with Gasteiger partial charge in [-0.1, -0.05) is 26.7 Å². The van der Waals surface area contributed by atoms with E-state index in [9.17, 15) is 9.59 Å². The van der Waals surface area contributed by atoms with Crippen molar-refractivity contribution in [2.75, 3.05) is 6.61 Å². The Balaban J connectivity index is 1.86. The first kappa shape index (κ1) is 20.5. The number of carbonyl (C=O) groups excluding carboxylic acids is 2. The van der Waals surface area contributed by atoms with Crippen molar-refractivity contribution >= 4 is 11.9 Å². The van der Waals surface area contributed by atoms with Crippen LogP contribution in [0.3, 0.4) is 0 Å². The van der Waals surface area contributed by atoms with Gasteiger partial charge in [0, 0.05) is 6.42 Å². The molecule has 0 aliphatic rings. The monoisotopic (exact) mass is 370 g/mol. The average Bonchev–Trinajstić information content (AvgIpc) is 2.68. The normalized spacial score (nSPS) is 10.3. The molecule has 0 aliphatic heterocycles. The molecule has 2 aromatic rings. The zero-order chi connectivity index (χ0) is 19.5. The second kappa shape index (κ2) is 11.0. The van der Waals surface area contributed by atoms with Gasteiger partial charge in [-0.3, -0.25) is 4.79 Å². The summed E-state index contributed by atoms with van der Waals surface area (Å²) < 4.78 is 16.1. The summed E-state index contributed by atoms with van der Waals surface area (Å²) in [5.74, 6) is 0.865. The summed E-state index contributed by atoms with van der Waals surface area (Å²) in [5, 5.41) is 0. The molecule has 0 bridgehead atoms. The van der Waals surface area contributed by atoms with Gasteiger partial charge in [-0.2, -0.15) is 0 Å². The van der Waals surface area contributed by atoms with Gasteiger partial charge in [0.05, 0.1) is 12.2 Å². The highest BCUT2D eigenvalue weighted by atomic mass is 16.5. The highest BCUT2D eigenvalue weighted by molar-refractivity contribution is 5.91. The van der Waals surface area contributed by atoms with E-state index in [1.165, 1.54) is 0 Å². The van der Waals surface area contributed by atoms with Gasteiger partial charge in [0.25, 0.3) is 0 Å². The van der Waals surface area contributed by atoms with Crippen LogP contribution in [0.15, 0.2) is 48.5 Å². The van der Waals surface area contributed by atoms with Crippen molar-refractivity contribution in [3.8, 4) is 17.2 Å². The van der Waals surface area contributed by atoms with E-state index in [2.05, 4.69) is 6.92 Å². The van der Waals surface area contributed by atoms with E-state index in [4.69, 9.17) is 14.2 Å². The zero-order valence-corrected chi connectivity index (χ0v) is 15.9. The molecule has 2 aromatic carbocycles. The third-order valence-corrected chi connectivity index (χ3v) is 3.81. The number of esters is 2. The summed E-state index contributed by atoms with van der Waals surface area (Å²) in [6.45, 7) is 4.77. The SMILES string of the molecule is CCCCCC(=O)Oc1ccc(C(=O)Oc2ccc(OCCC)cc2)cc1. The molecule has 0 N–H and O–H groups in total. The van der Waals surface area contributed by atoms with Crippen molar-refractivity contribution in [3.05, 3.63) is 54.1 Å². The molecule has 0 spiro atoms. The maximum Gasteiger partial charge on any atom is 0.343 e. The summed E-state index contributed by atoms with van der Waals surface area (Å²) in [6.07, 6.45) is 4.21. The second-order valence-electron chi connectivity index (χ2n) is 6.16. The van der Waals surface area contributed by atoms with Gasteiger partial charge in [0.2, 0.25) is 0 Å². The van der Waals surface area contributed by atoms with Crippen molar-refractivity contribution in [1.82, 2.24) is 0 Å². The van der Waals surface area contributed by atoms with Crippen LogP contribution in [0, 0.1) is 0 Å². The average molecular weight is 370 g/mol. The first-order valence-electron chi connectivity index (χ1n) is 9.38. The largest absolute Gasteiger partial charge is 0.494 e. The lowest BCUT2D eigenvalue weighted by Gasteiger charge is -2.08. The maximum absolute atomic E-state index is 12.2. The lowest BCUT2D eigenvalue weighted by atomic mass is 10.2. The van der Waals surface area contributed by atoms with Crippen LogP contribution in [-0.2, 0) is 4.79 Å². The van der Waals surface area contributed by atoms with Crippen molar-refractivity contribution in [3.63, 3.8) is 0 Å². The van der Waals surface area contributed by atoms with E-state index in [0.29, 0.717) is 30.1 Å². The van der Waals surface area contributed by atoms with Crippen molar-refractivity contribution in [2.45, 2.75) is 46.0 Å². The van der Waals surface area contributed by atoms with E-state index in [1.54, 1.807) is 48.5 Å². The molecule has 0 radical (unpaired) electrons. The minimum Gasteiger partial charge on any atom is -0.494 e. The number of carbonyl (C=O) groups is 2. The maximum atomic E-state index is 12.2. The molecule has 0 saturated heterocycles. The van der Waals surface area contributed by atoms with Crippen LogP contribution in [0.4, 0.5) is 0 Å². The molecule has 0 aromatic heterocycles. The standard InChI is InChI=1S/C22H26O5/c1-3-5-6-7-21(23)26-19-10-8-17(9-11-19)22(24)27-20-14-12-18(13-15-20)25-16-4-2/h8-15H,3-7,16H2,1-2H3. The molecule has 0 saturated carbocycles. The summed E-state index contributed by atoms with van der Waals surface area (Å²) in [5.41, 5.74) is 0.382. The van der Waals surface area contributed by atoms with Crippen LogP contribution in [0.25, 0.3) is 0 Å². The van der Waals surface area contributed by atoms with Gasteiger partial charge in [0.15, 0.2) is 0 Å². The van der Waals surface area contributed by atoms with E-state index >= 15 is 0 Å². The number of hydrogen-bond acceptors (Lipinski definition) is 5. The predicted molar refractivity (Wildman–Crippen MR) is 103 cm³/mol. The van der Waals surface area contributed by atoms with Gasteiger partial charge >= 0.3 is 11.9 Å². The lowest BCUT2D eigenvalue weighted by molar-refractivity contribution is -0.134. The number of unbranched alkanes of at least 4 members (excludes halogenated alkanes) is 2. The summed E-state index contributed by atoms with van der Waals surface area (Å²) in [6, 6.07) is 13.3. The van der Waals surface area contributed by atoms with Crippen molar-refractivity contribution in [1.29, 1.82) is 0 Å². The molecule has 0 atom stereocenters. The van der Waals surface area contributed by atoms with Gasteiger partial charge in [-0.15, -0.1) is 0 Å². The fraction of sp³-hybridized carbons (Fsp3) is 0.364. The Hall–Kier alpha value is -2.82. The molecule has 0 amide bonds. The molecule has 0 unspecified atom stereocenters. The molecule has 5 heteroatoms. The van der Waals surface area contributed by atoms with Crippen molar-refractivity contribution in [2.24, 2.45) is 0 Å². The fourth-order valence-corrected chi connectivity index (χ4v) is 2.35. The number of ether oxygens (including phenoxy) is 3. The first-order valence-corrected chi connectivity index (χ1v) is 9.38. The molecule has 5 nitrogen and oxygen atoms in total. The molecule has 0 fully saturated rings. The van der Waals surface area contributed by atoms with Gasteiger partial charge in [-0.05, 0) is 61.4 Å². The van der Waals surface area contributed by atoms with Crippen LogP contribution in [0.1, 0.15) is 56.3 Å². The topological polar surface area (TPSA) is 61.8 Å². The molecule has 2 rings (SSSR count). The Labute approximate surface area is 160 Å². The Morgan fingerprint density at radius 2 is 1.33 bits per heavy atom. The highest BCUT2D eigenvalue weighted by Gasteiger charge is 2.10. The molecular formula is C22H26O5. The van der Waals surface area contributed by atoms with Crippen LogP contribution in [-0.4, -0.2) is 18.5 Å². The third-order valence-electron chi connectivity index (χ3n) is 3.81. The van der Waals surface area contributed by atoms with E-state index in [1.807, 2.05) is 6.92 Å². The second-order valence-corrected chi connectivity index (χ2v) is 6.16. The van der Waals surface area contributed by atoms with E-state index < -0.39 is 5.97 Å². The number of hydrogen-bond donors (Lipinski definition) is 0. The van der Waals surface area contributed by atoms with Gasteiger partial charge < -0.3 is 14.2 Å². The smallest absolute Gasteiger partial charge is 0.343 e. The Bertz CT molecular complexity index is 719. The minimum absolute atomic E-state index is 0.260. The van der Waals surface area contributed by atoms with Gasteiger partial charge in [-0.25, -0.2) is 4.79 Å². The zero-order valence-electron chi connectivity index (χ0n) is 15.9. The molecule has 0 aliphatic carbocycles. The summed E-state index contributed by atoms with van der Waals surface area (Å²) >= 11 is 0. The lowest BCUT2D eigenvalue weighted by Crippen LogP contribution is -2.10. The Kier molecular flexibility index (Phi) is 8.36. The van der Waals surface area contributed by atoms with Crippen LogP contribution in [0.2, 0.25) is 0 Å². The van der Waals surface area contributed by atoms with E-state index in [-0.39, 0.29) is 5.97 Å². The molecule has 0 heterocycles. The van der Waals surface area contributed by atoms with Crippen LogP contribution < -0.4 is 14.2 Å². The summed E-state index contributed by atoms with van der Waals surface area (Å²) in [4.78, 5) is 23.9. The number of benzene rings is 2. The number of rotatable bonds is 10. The molecular weight excluding hydrogens is 344 g/mol. The molecule has 144 valence electrons. The Morgan fingerprint density at radius 1 is 0.741 bits per heavy atom. The Morgan fingerprint density at radius 3 is 1.96 bits per heavy atom. The van der Waals surface area contributed by atoms with Gasteiger partial charge in [0.1, 0.15) is 17.2 Å². The third kappa shape index (κ3) is 7.13. The predicted octanol–water partition coefficient (Wildman–Crippen LogP) is 5.18. The molecule has 27 heavy (non-hydrogen) atoms. The first-order chi connectivity index (χ1) is 13.1. The quantitative estimate of drug-likeness (QED) is 0.328. The van der Waals surface area contributed by atoms with Crippen LogP contribution >= 0.6 is 0 Å². The summed E-state index contributed by atoms with van der Waals surface area (Å²) in [7, 11) is 0. The fourth-order valence-electron chi connectivity index (χ4n) is 2.35. The highest BCUT2D eigenvalue weighted by Crippen LogP contribution is 2.20.